The number of rotatable bonds is 5. The average molecular weight is 717 g/mol. The van der Waals surface area contributed by atoms with Gasteiger partial charge in [0.2, 0.25) is 0 Å². The monoisotopic (exact) mass is 716 g/mol. The molecule has 1 aromatic heterocycles. The predicted octanol–water partition coefficient (Wildman–Crippen LogP) is 11.0. The van der Waals surface area contributed by atoms with Crippen molar-refractivity contribution in [3.63, 3.8) is 0 Å². The number of para-hydroxylation sites is 4. The molecule has 268 valence electrons. The molecule has 8 heteroatoms. The lowest BCUT2D eigenvalue weighted by Crippen LogP contribution is -2.31. The summed E-state index contributed by atoms with van der Waals surface area (Å²) in [6.45, 7) is 12.9. The van der Waals surface area contributed by atoms with Gasteiger partial charge >= 0.3 is 0 Å². The Balaban J connectivity index is 1.46. The molecule has 0 spiro atoms. The van der Waals surface area contributed by atoms with E-state index in [1.807, 2.05) is 0 Å². The van der Waals surface area contributed by atoms with Crippen LogP contribution in [0.25, 0.3) is 22.2 Å². The van der Waals surface area contributed by atoms with Crippen LogP contribution in [0.1, 0.15) is 55.5 Å². The highest BCUT2D eigenvalue weighted by atomic mass is 15.2. The fraction of sp³-hybridized carbons (Fsp3) is 0.149. The molecule has 0 unspecified atom stereocenters. The smallest absolute Gasteiger partial charge is 0.162 e. The van der Waals surface area contributed by atoms with Crippen LogP contribution >= 0.6 is 0 Å². The molecule has 2 aliphatic heterocycles. The molecule has 0 aliphatic carbocycles. The molecule has 55 heavy (non-hydrogen) atoms. The van der Waals surface area contributed by atoms with Gasteiger partial charge in [-0.05, 0) is 77.5 Å². The zero-order chi connectivity index (χ0) is 37.9. The lowest BCUT2D eigenvalue weighted by atomic mass is 9.73. The molecule has 0 radical (unpaired) electrons. The van der Waals surface area contributed by atoms with Gasteiger partial charge < -0.3 is 9.80 Å². The van der Waals surface area contributed by atoms with Crippen molar-refractivity contribution in [3.8, 4) is 11.4 Å². The molecule has 9 rings (SSSR count). The summed E-state index contributed by atoms with van der Waals surface area (Å²) in [6.07, 6.45) is 4.56. The van der Waals surface area contributed by atoms with E-state index in [4.69, 9.17) is 0 Å². The molecule has 3 heterocycles. The number of aromatic nitrogens is 3. The van der Waals surface area contributed by atoms with E-state index < -0.39 is 0 Å². The molecule has 8 nitrogen and oxygen atoms in total. The summed E-state index contributed by atoms with van der Waals surface area (Å²) in [4.78, 5) is 31.6. The van der Waals surface area contributed by atoms with Crippen molar-refractivity contribution >= 4 is 63.8 Å². The third-order valence-electron chi connectivity index (χ3n) is 11.3. The number of fused-ring (bicyclic) bond motifs is 5. The first-order valence-electron chi connectivity index (χ1n) is 18.4. The van der Waals surface area contributed by atoms with E-state index in [-0.39, 0.29) is 10.8 Å². The Kier molecular flexibility index (Phi) is 8.01. The number of aliphatic imine (C=N–C) groups is 3. The van der Waals surface area contributed by atoms with Crippen LogP contribution in [-0.4, -0.2) is 40.9 Å². The molecule has 0 saturated carbocycles. The maximum atomic E-state index is 4.67. The van der Waals surface area contributed by atoms with Crippen LogP contribution in [0.3, 0.4) is 0 Å². The van der Waals surface area contributed by atoms with Gasteiger partial charge in [-0.2, -0.15) is 0 Å². The Morgan fingerprint density at radius 2 is 1.02 bits per heavy atom. The first kappa shape index (κ1) is 34.0. The Morgan fingerprint density at radius 1 is 0.582 bits per heavy atom. The second kappa shape index (κ2) is 13.0. The van der Waals surface area contributed by atoms with E-state index in [1.54, 1.807) is 19.7 Å². The minimum absolute atomic E-state index is 0.232. The number of nitrogens with zero attached hydrogens (tertiary/aromatic N) is 8. The third kappa shape index (κ3) is 5.28. The molecular weight excluding hydrogens is 677 g/mol. The van der Waals surface area contributed by atoms with Gasteiger partial charge in [0, 0.05) is 39.8 Å². The minimum atomic E-state index is -0.234. The number of amidine groups is 1. The average Bonchev–Trinajstić information content (AvgIpc) is 3.22. The van der Waals surface area contributed by atoms with Crippen LogP contribution in [0.2, 0.25) is 0 Å². The van der Waals surface area contributed by atoms with Crippen LogP contribution in [-0.2, 0) is 10.8 Å². The predicted molar refractivity (Wildman–Crippen MR) is 227 cm³/mol. The van der Waals surface area contributed by atoms with Crippen LogP contribution in [0.15, 0.2) is 149 Å². The summed E-state index contributed by atoms with van der Waals surface area (Å²) in [7, 11) is 1.76. The summed E-state index contributed by atoms with van der Waals surface area (Å²) >= 11 is 0. The summed E-state index contributed by atoms with van der Waals surface area (Å²) in [5.41, 5.74) is 12.6. The molecular formula is C47H40N8. The summed E-state index contributed by atoms with van der Waals surface area (Å²) < 4.78 is 0. The zero-order valence-corrected chi connectivity index (χ0v) is 31.6. The second-order valence-electron chi connectivity index (χ2n) is 15.0. The van der Waals surface area contributed by atoms with Gasteiger partial charge in [0.1, 0.15) is 19.0 Å². The molecule has 0 N–H and O–H groups in total. The molecule has 0 amide bonds. The van der Waals surface area contributed by atoms with Crippen molar-refractivity contribution < 1.29 is 0 Å². The van der Waals surface area contributed by atoms with Gasteiger partial charge in [0.25, 0.3) is 0 Å². The highest BCUT2D eigenvalue weighted by Gasteiger charge is 2.39. The Hall–Kier alpha value is -6.80. The normalized spacial score (nSPS) is 15.3. The molecule has 0 fully saturated rings. The molecule has 0 bridgehead atoms. The van der Waals surface area contributed by atoms with Gasteiger partial charge in [-0.3, -0.25) is 9.98 Å². The number of benzene rings is 6. The van der Waals surface area contributed by atoms with E-state index in [2.05, 4.69) is 195 Å². The third-order valence-corrected chi connectivity index (χ3v) is 11.3. The van der Waals surface area contributed by atoms with E-state index in [0.717, 1.165) is 56.0 Å². The Morgan fingerprint density at radius 3 is 1.47 bits per heavy atom. The van der Waals surface area contributed by atoms with Crippen LogP contribution in [0.4, 0.5) is 34.1 Å². The maximum absolute atomic E-state index is 4.67. The van der Waals surface area contributed by atoms with Crippen molar-refractivity contribution in [1.29, 1.82) is 0 Å². The second-order valence-corrected chi connectivity index (χ2v) is 15.0. The topological polar surface area (TPSA) is 82.2 Å². The number of hydrogen-bond donors (Lipinski definition) is 0. The van der Waals surface area contributed by atoms with Crippen LogP contribution in [0, 0.1) is 0 Å². The van der Waals surface area contributed by atoms with E-state index in [9.17, 15) is 0 Å². The zero-order valence-electron chi connectivity index (χ0n) is 31.6. The largest absolute Gasteiger partial charge is 0.309 e. The number of hydrogen-bond acceptors (Lipinski definition) is 6. The summed E-state index contributed by atoms with van der Waals surface area (Å²) in [6, 6.07) is 43.6. The quantitative estimate of drug-likeness (QED) is 0.131. The van der Waals surface area contributed by atoms with E-state index >= 15 is 0 Å². The lowest BCUT2D eigenvalue weighted by molar-refractivity contribution is 0.632. The fourth-order valence-electron chi connectivity index (χ4n) is 8.65. The molecule has 7 aromatic rings. The Labute approximate surface area is 321 Å². The minimum Gasteiger partial charge on any atom is -0.309 e. The number of anilines is 6. The lowest BCUT2D eigenvalue weighted by Gasteiger charge is -2.43. The first-order valence-corrected chi connectivity index (χ1v) is 18.4. The van der Waals surface area contributed by atoms with Gasteiger partial charge in [0.15, 0.2) is 11.7 Å². The van der Waals surface area contributed by atoms with Gasteiger partial charge in [-0.1, -0.05) is 100 Å². The van der Waals surface area contributed by atoms with Gasteiger partial charge in [-0.25, -0.2) is 19.9 Å². The standard InChI is InChI=1S/C47H40N8/c1-46(2)34-15-7-11-19-38(34)54(39-20-12-8-16-35(39)46)42-25-30(44(49-6)51-27-48-5)23-32-33(42)24-31(45-52-28-50-29-53-45)26-43(32)55-40-21-13-9-17-36(40)47(3,4)37-18-10-14-22-41(37)55/h7-29H,5H2,1-4,6H3/b49-44-,51-27-. The molecule has 6 aromatic carbocycles. The van der Waals surface area contributed by atoms with Crippen LogP contribution in [0.5, 0.6) is 0 Å². The van der Waals surface area contributed by atoms with Gasteiger partial charge in [-0.15, -0.1) is 0 Å². The fourth-order valence-corrected chi connectivity index (χ4v) is 8.65. The highest BCUT2D eigenvalue weighted by molar-refractivity contribution is 6.15. The summed E-state index contributed by atoms with van der Waals surface area (Å²) in [5, 5.41) is 2.03. The SMILES string of the molecule is C=N/C=N\C(=N/C)c1cc(N2c3ccccc3C(C)(C)c3ccccc32)c2cc(-c3ncncn3)cc(N3c4ccccc4C(C)(C)c4ccccc43)c2c1. The van der Waals surface area contributed by atoms with Crippen LogP contribution < -0.4 is 9.80 Å². The van der Waals surface area contributed by atoms with Crippen molar-refractivity contribution in [2.75, 3.05) is 16.8 Å². The van der Waals surface area contributed by atoms with Crippen molar-refractivity contribution in [2.45, 2.75) is 38.5 Å². The van der Waals surface area contributed by atoms with E-state index in [0.29, 0.717) is 11.7 Å². The van der Waals surface area contributed by atoms with Crippen molar-refractivity contribution in [3.05, 3.63) is 162 Å². The molecule has 2 aliphatic rings. The van der Waals surface area contributed by atoms with E-state index in [1.165, 1.54) is 28.6 Å². The summed E-state index contributed by atoms with van der Waals surface area (Å²) in [5.74, 6) is 1.13. The van der Waals surface area contributed by atoms with Crippen molar-refractivity contribution in [1.82, 2.24) is 15.0 Å². The molecule has 0 atom stereocenters. The highest BCUT2D eigenvalue weighted by Crippen LogP contribution is 2.56. The van der Waals surface area contributed by atoms with Crippen molar-refractivity contribution in [2.24, 2.45) is 15.0 Å². The Bertz CT molecular complexity index is 2610. The van der Waals surface area contributed by atoms with Gasteiger partial charge in [0.05, 0.1) is 34.1 Å². The maximum Gasteiger partial charge on any atom is 0.162 e. The molecule has 0 saturated heterocycles. The first-order chi connectivity index (χ1) is 26.7.